The lowest BCUT2D eigenvalue weighted by Crippen LogP contribution is -2.33. The summed E-state index contributed by atoms with van der Waals surface area (Å²) in [6.07, 6.45) is 0.601. The average Bonchev–Trinajstić information content (AvgIpc) is 2.31. The molecule has 0 aliphatic rings. The number of nitro groups is 1. The highest BCUT2D eigenvalue weighted by atomic mass is 35.5. The van der Waals surface area contributed by atoms with E-state index in [9.17, 15) is 10.1 Å². The van der Waals surface area contributed by atoms with Crippen molar-refractivity contribution >= 4 is 17.3 Å². The van der Waals surface area contributed by atoms with Crippen LogP contribution in [-0.2, 0) is 6.42 Å². The standard InChI is InChI=1S/C13H19ClN2O2/c1-4-15-10(3)9(2)8-11-12(14)6-5-7-13(11)16(17)18/h5-7,9-10,15H,4,8H2,1-3H3. The van der Waals surface area contributed by atoms with Crippen LogP contribution in [0.15, 0.2) is 18.2 Å². The van der Waals surface area contributed by atoms with Crippen LogP contribution in [0.25, 0.3) is 0 Å². The predicted molar refractivity (Wildman–Crippen MR) is 74.1 cm³/mol. The number of nitrogens with zero attached hydrogens (tertiary/aromatic N) is 1. The molecule has 1 aromatic carbocycles. The fourth-order valence-electron chi connectivity index (χ4n) is 1.94. The zero-order valence-electron chi connectivity index (χ0n) is 10.9. The molecule has 1 rings (SSSR count). The zero-order valence-corrected chi connectivity index (χ0v) is 11.7. The van der Waals surface area contributed by atoms with Crippen LogP contribution in [0.5, 0.6) is 0 Å². The Bertz CT molecular complexity index is 423. The minimum absolute atomic E-state index is 0.109. The summed E-state index contributed by atoms with van der Waals surface area (Å²) in [5.41, 5.74) is 0.736. The molecular formula is C13H19ClN2O2. The van der Waals surface area contributed by atoms with Crippen molar-refractivity contribution in [3.05, 3.63) is 38.9 Å². The SMILES string of the molecule is CCNC(C)C(C)Cc1c(Cl)cccc1[N+](=O)[O-]. The third-order valence-corrected chi connectivity index (χ3v) is 3.55. The summed E-state index contributed by atoms with van der Waals surface area (Å²) >= 11 is 6.07. The van der Waals surface area contributed by atoms with E-state index in [2.05, 4.69) is 19.2 Å². The van der Waals surface area contributed by atoms with E-state index in [1.807, 2.05) is 6.92 Å². The Hall–Kier alpha value is -1.13. The zero-order chi connectivity index (χ0) is 13.7. The van der Waals surface area contributed by atoms with Crippen LogP contribution in [0.4, 0.5) is 5.69 Å². The fraction of sp³-hybridized carbons (Fsp3) is 0.538. The topological polar surface area (TPSA) is 55.2 Å². The van der Waals surface area contributed by atoms with Crippen molar-refractivity contribution in [1.82, 2.24) is 5.32 Å². The summed E-state index contributed by atoms with van der Waals surface area (Å²) in [5, 5.41) is 14.8. The quantitative estimate of drug-likeness (QED) is 0.636. The minimum Gasteiger partial charge on any atom is -0.314 e. The van der Waals surface area contributed by atoms with Gasteiger partial charge in [-0.15, -0.1) is 0 Å². The molecule has 0 radical (unpaired) electrons. The molecule has 0 saturated heterocycles. The summed E-state index contributed by atoms with van der Waals surface area (Å²) in [7, 11) is 0. The third-order valence-electron chi connectivity index (χ3n) is 3.20. The first-order valence-corrected chi connectivity index (χ1v) is 6.50. The van der Waals surface area contributed by atoms with Gasteiger partial charge in [0, 0.05) is 17.7 Å². The van der Waals surface area contributed by atoms with Crippen LogP contribution >= 0.6 is 11.6 Å². The van der Waals surface area contributed by atoms with Gasteiger partial charge in [-0.05, 0) is 31.9 Å². The summed E-state index contributed by atoms with van der Waals surface area (Å²) in [4.78, 5) is 10.6. The monoisotopic (exact) mass is 270 g/mol. The normalized spacial score (nSPS) is 14.2. The number of benzene rings is 1. The van der Waals surface area contributed by atoms with Gasteiger partial charge in [-0.25, -0.2) is 0 Å². The number of rotatable bonds is 6. The second-order valence-electron chi connectivity index (χ2n) is 4.52. The first-order chi connectivity index (χ1) is 8.47. The van der Waals surface area contributed by atoms with Gasteiger partial charge in [-0.3, -0.25) is 10.1 Å². The van der Waals surface area contributed by atoms with Gasteiger partial charge in [0.05, 0.1) is 9.95 Å². The van der Waals surface area contributed by atoms with Gasteiger partial charge in [0.1, 0.15) is 0 Å². The summed E-state index contributed by atoms with van der Waals surface area (Å²) in [5.74, 6) is 0.281. The van der Waals surface area contributed by atoms with Crippen molar-refractivity contribution in [2.75, 3.05) is 6.54 Å². The maximum absolute atomic E-state index is 11.0. The van der Waals surface area contributed by atoms with E-state index in [1.54, 1.807) is 12.1 Å². The van der Waals surface area contributed by atoms with Gasteiger partial charge in [0.25, 0.3) is 5.69 Å². The van der Waals surface area contributed by atoms with Crippen LogP contribution in [0.2, 0.25) is 5.02 Å². The summed E-state index contributed by atoms with van der Waals surface area (Å²) in [6.45, 7) is 7.08. The smallest absolute Gasteiger partial charge is 0.274 e. The Labute approximate surface area is 112 Å². The maximum atomic E-state index is 11.0. The van der Waals surface area contributed by atoms with E-state index in [1.165, 1.54) is 6.07 Å². The van der Waals surface area contributed by atoms with E-state index < -0.39 is 0 Å². The molecule has 5 heteroatoms. The van der Waals surface area contributed by atoms with Crippen LogP contribution < -0.4 is 5.32 Å². The first-order valence-electron chi connectivity index (χ1n) is 6.12. The van der Waals surface area contributed by atoms with Gasteiger partial charge >= 0.3 is 0 Å². The van der Waals surface area contributed by atoms with Crippen molar-refractivity contribution in [3.63, 3.8) is 0 Å². The number of hydrogen-bond donors (Lipinski definition) is 1. The van der Waals surface area contributed by atoms with Crippen LogP contribution in [0.3, 0.4) is 0 Å². The van der Waals surface area contributed by atoms with Gasteiger partial charge in [-0.1, -0.05) is 31.5 Å². The fourth-order valence-corrected chi connectivity index (χ4v) is 2.19. The lowest BCUT2D eigenvalue weighted by Gasteiger charge is -2.21. The highest BCUT2D eigenvalue weighted by Gasteiger charge is 2.21. The van der Waals surface area contributed by atoms with Crippen molar-refractivity contribution in [2.24, 2.45) is 5.92 Å². The van der Waals surface area contributed by atoms with Crippen LogP contribution in [0, 0.1) is 16.0 Å². The highest BCUT2D eigenvalue weighted by Crippen LogP contribution is 2.29. The number of hydrogen-bond acceptors (Lipinski definition) is 3. The maximum Gasteiger partial charge on any atom is 0.274 e. The molecule has 4 nitrogen and oxygen atoms in total. The molecule has 0 aromatic heterocycles. The lowest BCUT2D eigenvalue weighted by atomic mass is 9.94. The number of halogens is 1. The molecule has 18 heavy (non-hydrogen) atoms. The van der Waals surface area contributed by atoms with E-state index in [4.69, 9.17) is 11.6 Å². The second-order valence-corrected chi connectivity index (χ2v) is 4.93. The Morgan fingerprint density at radius 3 is 2.67 bits per heavy atom. The third kappa shape index (κ3) is 3.68. The second kappa shape index (κ2) is 6.71. The summed E-state index contributed by atoms with van der Waals surface area (Å²) < 4.78 is 0. The predicted octanol–water partition coefficient (Wildman–Crippen LogP) is 3.42. The minimum atomic E-state index is -0.369. The van der Waals surface area contributed by atoms with Gasteiger partial charge in [0.2, 0.25) is 0 Å². The molecule has 0 bridgehead atoms. The Balaban J connectivity index is 2.92. The molecule has 2 unspecified atom stereocenters. The van der Waals surface area contributed by atoms with Gasteiger partial charge in [0.15, 0.2) is 0 Å². The molecular weight excluding hydrogens is 252 g/mol. The molecule has 2 atom stereocenters. The molecule has 0 saturated carbocycles. The van der Waals surface area contributed by atoms with Crippen molar-refractivity contribution in [3.8, 4) is 0 Å². The molecule has 1 N–H and O–H groups in total. The number of nitro benzene ring substituents is 1. The van der Waals surface area contributed by atoms with Crippen LogP contribution in [-0.4, -0.2) is 17.5 Å². The summed E-state index contributed by atoms with van der Waals surface area (Å²) in [6, 6.07) is 5.12. The van der Waals surface area contributed by atoms with Crippen molar-refractivity contribution < 1.29 is 4.92 Å². The molecule has 0 aliphatic heterocycles. The Morgan fingerprint density at radius 2 is 2.11 bits per heavy atom. The molecule has 0 amide bonds. The molecule has 100 valence electrons. The van der Waals surface area contributed by atoms with E-state index >= 15 is 0 Å². The first kappa shape index (κ1) is 14.9. The molecule has 0 fully saturated rings. The highest BCUT2D eigenvalue weighted by molar-refractivity contribution is 6.31. The lowest BCUT2D eigenvalue weighted by molar-refractivity contribution is -0.385. The molecule has 0 spiro atoms. The van der Waals surface area contributed by atoms with E-state index in [0.717, 1.165) is 6.54 Å². The van der Waals surface area contributed by atoms with E-state index in [0.29, 0.717) is 23.0 Å². The molecule has 0 aliphatic carbocycles. The number of nitrogens with one attached hydrogen (secondary N) is 1. The van der Waals surface area contributed by atoms with Gasteiger partial charge < -0.3 is 5.32 Å². The molecule has 0 heterocycles. The Kier molecular flexibility index (Phi) is 5.56. The van der Waals surface area contributed by atoms with Gasteiger partial charge in [-0.2, -0.15) is 0 Å². The largest absolute Gasteiger partial charge is 0.314 e. The average molecular weight is 271 g/mol. The van der Waals surface area contributed by atoms with Crippen LogP contribution in [0.1, 0.15) is 26.3 Å². The van der Waals surface area contributed by atoms with E-state index in [-0.39, 0.29) is 16.5 Å². The molecule has 1 aromatic rings. The Morgan fingerprint density at radius 1 is 1.44 bits per heavy atom. The van der Waals surface area contributed by atoms with Crippen molar-refractivity contribution in [2.45, 2.75) is 33.2 Å². The van der Waals surface area contributed by atoms with Crippen molar-refractivity contribution in [1.29, 1.82) is 0 Å².